The zero-order chi connectivity index (χ0) is 11.3. The van der Waals surface area contributed by atoms with E-state index >= 15 is 0 Å². The molecule has 1 rings (SSSR count). The second-order valence-electron chi connectivity index (χ2n) is 3.95. The molecular formula is C11H20N4. The number of nitrogens with one attached hydrogen (secondary N) is 1. The number of hydrogen-bond acceptors (Lipinski definition) is 4. The molecule has 0 aliphatic heterocycles. The van der Waals surface area contributed by atoms with Crippen LogP contribution in [0.3, 0.4) is 0 Å². The Labute approximate surface area is 91.0 Å². The van der Waals surface area contributed by atoms with Gasteiger partial charge in [0.2, 0.25) is 0 Å². The lowest BCUT2D eigenvalue weighted by atomic mass is 9.94. The third-order valence-corrected chi connectivity index (χ3v) is 2.85. The summed E-state index contributed by atoms with van der Waals surface area (Å²) >= 11 is 0. The molecule has 4 heteroatoms. The van der Waals surface area contributed by atoms with E-state index in [0.29, 0.717) is 11.7 Å². The maximum atomic E-state index is 5.62. The fraction of sp³-hybridized carbons (Fsp3) is 0.545. The Bertz CT molecular complexity index is 300. The Morgan fingerprint density at radius 1 is 1.53 bits per heavy atom. The normalized spacial score (nSPS) is 14.9. The lowest BCUT2D eigenvalue weighted by molar-refractivity contribution is 0.370. The van der Waals surface area contributed by atoms with Crippen molar-refractivity contribution in [3.05, 3.63) is 23.9 Å². The molecule has 0 aliphatic rings. The molecule has 0 saturated heterocycles. The average molecular weight is 208 g/mol. The number of pyridine rings is 1. The summed E-state index contributed by atoms with van der Waals surface area (Å²) in [5.41, 5.74) is 9.65. The van der Waals surface area contributed by atoms with E-state index in [1.807, 2.05) is 12.1 Å². The third-order valence-electron chi connectivity index (χ3n) is 2.85. The summed E-state index contributed by atoms with van der Waals surface area (Å²) in [6.45, 7) is 4.35. The van der Waals surface area contributed by atoms with Gasteiger partial charge in [-0.2, -0.15) is 0 Å². The summed E-state index contributed by atoms with van der Waals surface area (Å²) in [4.78, 5) is 3.96. The average Bonchev–Trinajstić information content (AvgIpc) is 2.25. The zero-order valence-corrected chi connectivity index (χ0v) is 9.40. The molecule has 15 heavy (non-hydrogen) atoms. The van der Waals surface area contributed by atoms with Gasteiger partial charge in [0.1, 0.15) is 5.82 Å². The van der Waals surface area contributed by atoms with Crippen LogP contribution < -0.4 is 17.0 Å². The van der Waals surface area contributed by atoms with Gasteiger partial charge in [0.05, 0.1) is 0 Å². The van der Waals surface area contributed by atoms with E-state index in [1.165, 1.54) is 5.56 Å². The molecule has 0 radical (unpaired) electrons. The molecule has 1 aromatic heterocycles. The van der Waals surface area contributed by atoms with Gasteiger partial charge >= 0.3 is 0 Å². The Kier molecular flexibility index (Phi) is 4.52. The third kappa shape index (κ3) is 3.49. The fourth-order valence-corrected chi connectivity index (χ4v) is 1.58. The van der Waals surface area contributed by atoms with Crippen LogP contribution in [0.2, 0.25) is 0 Å². The molecule has 0 spiro atoms. The molecule has 0 amide bonds. The number of hydrazine groups is 1. The van der Waals surface area contributed by atoms with Crippen molar-refractivity contribution in [2.45, 2.75) is 32.7 Å². The fourth-order valence-electron chi connectivity index (χ4n) is 1.58. The Hall–Kier alpha value is -1.13. The first-order valence-corrected chi connectivity index (χ1v) is 5.34. The van der Waals surface area contributed by atoms with E-state index in [0.717, 1.165) is 12.8 Å². The zero-order valence-electron chi connectivity index (χ0n) is 9.40. The highest BCUT2D eigenvalue weighted by Crippen LogP contribution is 2.13. The second-order valence-corrected chi connectivity index (χ2v) is 3.95. The molecule has 1 aromatic rings. The van der Waals surface area contributed by atoms with E-state index in [9.17, 15) is 0 Å². The highest BCUT2D eigenvalue weighted by molar-refractivity contribution is 5.32. The molecule has 0 saturated carbocycles. The van der Waals surface area contributed by atoms with Gasteiger partial charge in [0.25, 0.3) is 0 Å². The highest BCUT2D eigenvalue weighted by atomic mass is 15.2. The molecule has 4 nitrogen and oxygen atoms in total. The van der Waals surface area contributed by atoms with Gasteiger partial charge in [0, 0.05) is 12.2 Å². The number of rotatable bonds is 5. The van der Waals surface area contributed by atoms with Crippen LogP contribution in [0.25, 0.3) is 0 Å². The summed E-state index contributed by atoms with van der Waals surface area (Å²) in [5.74, 6) is 6.65. The van der Waals surface area contributed by atoms with Gasteiger partial charge in [-0.25, -0.2) is 4.98 Å². The predicted octanol–water partition coefficient (Wildman–Crippen LogP) is 1.08. The minimum absolute atomic E-state index is 0.289. The standard InChI is InChI=1S/C11H20N4/c1-3-8(2)10(15-13)6-9-4-5-14-11(12)7-9/h4-5,7-8,10,15H,3,6,13H2,1-2H3,(H2,12,14). The van der Waals surface area contributed by atoms with Crippen LogP contribution in [0.5, 0.6) is 0 Å². The SMILES string of the molecule is CCC(C)C(Cc1ccnc(N)c1)NN. The summed E-state index contributed by atoms with van der Waals surface area (Å²) in [6, 6.07) is 4.16. The highest BCUT2D eigenvalue weighted by Gasteiger charge is 2.14. The first kappa shape index (κ1) is 11.9. The Morgan fingerprint density at radius 2 is 2.27 bits per heavy atom. The lowest BCUT2D eigenvalue weighted by Gasteiger charge is -2.22. The van der Waals surface area contributed by atoms with Crippen molar-refractivity contribution in [1.82, 2.24) is 10.4 Å². The molecule has 5 N–H and O–H groups in total. The lowest BCUT2D eigenvalue weighted by Crippen LogP contribution is -2.41. The first-order valence-electron chi connectivity index (χ1n) is 5.34. The quantitative estimate of drug-likeness (QED) is 0.500. The molecule has 0 aromatic carbocycles. The van der Waals surface area contributed by atoms with E-state index in [4.69, 9.17) is 11.6 Å². The topological polar surface area (TPSA) is 77.0 Å². The van der Waals surface area contributed by atoms with Crippen molar-refractivity contribution in [3.8, 4) is 0 Å². The molecule has 2 atom stereocenters. The largest absolute Gasteiger partial charge is 0.384 e. The molecule has 0 aliphatic carbocycles. The first-order chi connectivity index (χ1) is 7.17. The van der Waals surface area contributed by atoms with Crippen molar-refractivity contribution in [2.75, 3.05) is 5.73 Å². The summed E-state index contributed by atoms with van der Waals surface area (Å²) in [6.07, 6.45) is 3.72. The van der Waals surface area contributed by atoms with Crippen molar-refractivity contribution in [1.29, 1.82) is 0 Å². The van der Waals surface area contributed by atoms with Crippen LogP contribution in [0.4, 0.5) is 5.82 Å². The van der Waals surface area contributed by atoms with Crippen LogP contribution in [-0.4, -0.2) is 11.0 Å². The van der Waals surface area contributed by atoms with Crippen LogP contribution in [-0.2, 0) is 6.42 Å². The van der Waals surface area contributed by atoms with Gasteiger partial charge < -0.3 is 5.73 Å². The van der Waals surface area contributed by atoms with E-state index in [1.54, 1.807) is 6.20 Å². The number of hydrogen-bond donors (Lipinski definition) is 3. The predicted molar refractivity (Wildman–Crippen MR) is 62.9 cm³/mol. The van der Waals surface area contributed by atoms with Crippen molar-refractivity contribution >= 4 is 5.82 Å². The van der Waals surface area contributed by atoms with E-state index < -0.39 is 0 Å². The van der Waals surface area contributed by atoms with Crippen molar-refractivity contribution < 1.29 is 0 Å². The molecule has 1 heterocycles. The van der Waals surface area contributed by atoms with E-state index in [2.05, 4.69) is 24.3 Å². The maximum Gasteiger partial charge on any atom is 0.123 e. The van der Waals surface area contributed by atoms with E-state index in [-0.39, 0.29) is 6.04 Å². The van der Waals surface area contributed by atoms with Crippen molar-refractivity contribution in [2.24, 2.45) is 11.8 Å². The maximum absolute atomic E-state index is 5.62. The van der Waals surface area contributed by atoms with Crippen LogP contribution in [0.1, 0.15) is 25.8 Å². The van der Waals surface area contributed by atoms with Crippen molar-refractivity contribution in [3.63, 3.8) is 0 Å². The van der Waals surface area contributed by atoms with Crippen LogP contribution >= 0.6 is 0 Å². The van der Waals surface area contributed by atoms with Crippen LogP contribution in [0.15, 0.2) is 18.3 Å². The molecule has 84 valence electrons. The number of aromatic nitrogens is 1. The van der Waals surface area contributed by atoms with Gasteiger partial charge in [-0.1, -0.05) is 20.3 Å². The molecule has 0 bridgehead atoms. The number of nitrogens with two attached hydrogens (primary N) is 2. The molecular weight excluding hydrogens is 188 g/mol. The van der Waals surface area contributed by atoms with Gasteiger partial charge in [-0.3, -0.25) is 11.3 Å². The smallest absolute Gasteiger partial charge is 0.123 e. The Balaban J connectivity index is 2.66. The van der Waals surface area contributed by atoms with Gasteiger partial charge in [0.15, 0.2) is 0 Å². The second kappa shape index (κ2) is 5.68. The van der Waals surface area contributed by atoms with Gasteiger partial charge in [-0.05, 0) is 30.0 Å². The van der Waals surface area contributed by atoms with Crippen LogP contribution in [0, 0.1) is 5.92 Å². The molecule has 0 fully saturated rings. The minimum atomic E-state index is 0.289. The number of nitrogens with zero attached hydrogens (tertiary/aromatic N) is 1. The minimum Gasteiger partial charge on any atom is -0.384 e. The summed E-state index contributed by atoms with van der Waals surface area (Å²) < 4.78 is 0. The summed E-state index contributed by atoms with van der Waals surface area (Å²) in [5, 5.41) is 0. The Morgan fingerprint density at radius 3 is 2.80 bits per heavy atom. The number of nitrogen functional groups attached to an aromatic ring is 1. The molecule has 2 unspecified atom stereocenters. The monoisotopic (exact) mass is 208 g/mol. The summed E-state index contributed by atoms with van der Waals surface area (Å²) in [7, 11) is 0. The van der Waals surface area contributed by atoms with Gasteiger partial charge in [-0.15, -0.1) is 0 Å². The number of anilines is 1.